The Balaban J connectivity index is 1.78. The van der Waals surface area contributed by atoms with Crippen molar-refractivity contribution in [2.45, 2.75) is 38.3 Å². The zero-order chi connectivity index (χ0) is 18.4. The van der Waals surface area contributed by atoms with E-state index in [1.165, 1.54) is 6.33 Å². The Bertz CT molecular complexity index is 739. The molecule has 1 aromatic heterocycles. The molecule has 7 heteroatoms. The summed E-state index contributed by atoms with van der Waals surface area (Å²) in [6, 6.07) is 9.37. The lowest BCUT2D eigenvalue weighted by Gasteiger charge is -2.30. The summed E-state index contributed by atoms with van der Waals surface area (Å²) in [5.41, 5.74) is 1.83. The average molecular weight is 375 g/mol. The second-order valence-electron chi connectivity index (χ2n) is 6.37. The van der Waals surface area contributed by atoms with Crippen LogP contribution in [0.5, 0.6) is 0 Å². The van der Waals surface area contributed by atoms with Gasteiger partial charge in [0.1, 0.15) is 12.1 Å². The molecule has 1 N–H and O–H groups in total. The number of halogens is 1. The van der Waals surface area contributed by atoms with Gasteiger partial charge in [0.05, 0.1) is 18.3 Å². The zero-order valence-corrected chi connectivity index (χ0v) is 15.6. The minimum atomic E-state index is -0.145. The van der Waals surface area contributed by atoms with Gasteiger partial charge in [-0.15, -0.1) is 0 Å². The van der Waals surface area contributed by atoms with E-state index in [4.69, 9.17) is 16.3 Å². The van der Waals surface area contributed by atoms with Crippen molar-refractivity contribution >= 4 is 23.4 Å². The Hall–Kier alpha value is -2.18. The lowest BCUT2D eigenvalue weighted by molar-refractivity contribution is 0.181. The van der Waals surface area contributed by atoms with Crippen molar-refractivity contribution in [1.29, 1.82) is 0 Å². The van der Waals surface area contributed by atoms with E-state index in [1.54, 1.807) is 13.2 Å². The van der Waals surface area contributed by atoms with Gasteiger partial charge in [0.2, 0.25) is 0 Å². The number of hydrogen-bond acceptors (Lipinski definition) is 4. The minimum absolute atomic E-state index is 0.0371. The van der Waals surface area contributed by atoms with Gasteiger partial charge in [-0.2, -0.15) is 0 Å². The molecule has 0 spiro atoms. The predicted molar refractivity (Wildman–Crippen MR) is 101 cm³/mol. The highest BCUT2D eigenvalue weighted by atomic mass is 35.5. The maximum Gasteiger partial charge on any atom is 0.323 e. The summed E-state index contributed by atoms with van der Waals surface area (Å²) < 4.78 is 5.08. The van der Waals surface area contributed by atoms with Gasteiger partial charge in [-0.3, -0.25) is 5.32 Å². The smallest absolute Gasteiger partial charge is 0.323 e. The van der Waals surface area contributed by atoms with Crippen LogP contribution >= 0.6 is 11.6 Å². The molecule has 0 saturated carbocycles. The molecule has 2 amide bonds. The molecule has 1 saturated heterocycles. The second kappa shape index (κ2) is 8.96. The van der Waals surface area contributed by atoms with Crippen molar-refractivity contribution in [3.8, 4) is 0 Å². The van der Waals surface area contributed by atoms with Gasteiger partial charge in [0.25, 0.3) is 0 Å². The van der Waals surface area contributed by atoms with Gasteiger partial charge >= 0.3 is 6.03 Å². The van der Waals surface area contributed by atoms with Gasteiger partial charge < -0.3 is 9.64 Å². The Labute approximate surface area is 158 Å². The molecule has 1 atom stereocenters. The summed E-state index contributed by atoms with van der Waals surface area (Å²) in [5.74, 6) is 0.483. The van der Waals surface area contributed by atoms with E-state index in [0.717, 1.165) is 43.5 Å². The van der Waals surface area contributed by atoms with Crippen LogP contribution in [0.2, 0.25) is 5.02 Å². The summed E-state index contributed by atoms with van der Waals surface area (Å²) in [6.45, 7) is 1.09. The standard InChI is InChI=1S/C19H23ClN4O2/c1-26-12-16-11-18(22-13-21-16)23-19(25)24-10-4-2-3-5-17(24)14-6-8-15(20)9-7-14/h6-9,11,13,17H,2-5,10,12H2,1H3,(H,21,22,23,25). The van der Waals surface area contributed by atoms with E-state index in [2.05, 4.69) is 15.3 Å². The number of aromatic nitrogens is 2. The highest BCUT2D eigenvalue weighted by molar-refractivity contribution is 6.30. The monoisotopic (exact) mass is 374 g/mol. The molecule has 2 aromatic rings. The first-order valence-corrected chi connectivity index (χ1v) is 9.18. The number of ether oxygens (including phenoxy) is 1. The number of carbonyl (C=O) groups excluding carboxylic acids is 1. The fourth-order valence-electron chi connectivity index (χ4n) is 3.26. The first-order valence-electron chi connectivity index (χ1n) is 8.80. The van der Waals surface area contributed by atoms with Crippen LogP contribution in [0.1, 0.15) is 43.0 Å². The van der Waals surface area contributed by atoms with Crippen molar-refractivity contribution in [3.63, 3.8) is 0 Å². The largest absolute Gasteiger partial charge is 0.378 e. The Morgan fingerprint density at radius 1 is 1.27 bits per heavy atom. The van der Waals surface area contributed by atoms with Crippen LogP contribution in [0, 0.1) is 0 Å². The predicted octanol–water partition coefficient (Wildman–Crippen LogP) is 4.43. The average Bonchev–Trinajstić information content (AvgIpc) is 2.89. The lowest BCUT2D eigenvalue weighted by atomic mass is 10.0. The number of carbonyl (C=O) groups is 1. The number of methoxy groups -OCH3 is 1. The molecule has 0 aliphatic carbocycles. The molecule has 0 radical (unpaired) electrons. The third-order valence-electron chi connectivity index (χ3n) is 4.52. The maximum atomic E-state index is 12.9. The molecule has 0 bridgehead atoms. The fraction of sp³-hybridized carbons (Fsp3) is 0.421. The molecular formula is C19H23ClN4O2. The van der Waals surface area contributed by atoms with Crippen molar-refractivity contribution in [1.82, 2.24) is 14.9 Å². The van der Waals surface area contributed by atoms with Gasteiger partial charge in [-0.05, 0) is 30.5 Å². The van der Waals surface area contributed by atoms with Crippen molar-refractivity contribution in [2.24, 2.45) is 0 Å². The molecule has 3 rings (SSSR count). The van der Waals surface area contributed by atoms with Crippen LogP contribution < -0.4 is 5.32 Å². The number of rotatable bonds is 4. The quantitative estimate of drug-likeness (QED) is 0.859. The van der Waals surface area contributed by atoms with Gasteiger partial charge in [0, 0.05) is 24.7 Å². The Morgan fingerprint density at radius 3 is 2.85 bits per heavy atom. The molecule has 1 fully saturated rings. The number of likely N-dealkylation sites (tertiary alicyclic amines) is 1. The van der Waals surface area contributed by atoms with E-state index in [-0.39, 0.29) is 12.1 Å². The molecular weight excluding hydrogens is 352 g/mol. The van der Waals surface area contributed by atoms with E-state index in [0.29, 0.717) is 17.4 Å². The van der Waals surface area contributed by atoms with Crippen molar-refractivity contribution < 1.29 is 9.53 Å². The number of benzene rings is 1. The number of amides is 2. The first-order chi connectivity index (χ1) is 12.7. The number of nitrogens with one attached hydrogen (secondary N) is 1. The van der Waals surface area contributed by atoms with E-state index >= 15 is 0 Å². The summed E-state index contributed by atoms with van der Waals surface area (Å²) >= 11 is 6.01. The van der Waals surface area contributed by atoms with E-state index in [9.17, 15) is 4.79 Å². The molecule has 2 heterocycles. The van der Waals surface area contributed by atoms with Crippen molar-refractivity contribution in [3.05, 3.63) is 52.9 Å². The Kier molecular flexibility index (Phi) is 6.41. The second-order valence-corrected chi connectivity index (χ2v) is 6.80. The summed E-state index contributed by atoms with van der Waals surface area (Å²) in [7, 11) is 1.61. The van der Waals surface area contributed by atoms with Crippen LogP contribution in [0.15, 0.2) is 36.7 Å². The number of urea groups is 1. The number of anilines is 1. The summed E-state index contributed by atoms with van der Waals surface area (Å²) in [4.78, 5) is 23.1. The summed E-state index contributed by atoms with van der Waals surface area (Å²) in [5, 5.41) is 3.60. The summed E-state index contributed by atoms with van der Waals surface area (Å²) in [6.07, 6.45) is 5.59. The van der Waals surface area contributed by atoms with E-state index < -0.39 is 0 Å². The third-order valence-corrected chi connectivity index (χ3v) is 4.77. The van der Waals surface area contributed by atoms with E-state index in [1.807, 2.05) is 29.2 Å². The molecule has 1 aliphatic rings. The SMILES string of the molecule is COCc1cc(NC(=O)N2CCCCCC2c2ccc(Cl)cc2)ncn1. The highest BCUT2D eigenvalue weighted by Gasteiger charge is 2.27. The fourth-order valence-corrected chi connectivity index (χ4v) is 3.38. The van der Waals surface area contributed by atoms with Crippen LogP contribution in [0.25, 0.3) is 0 Å². The number of hydrogen-bond donors (Lipinski definition) is 1. The first kappa shape index (κ1) is 18.6. The Morgan fingerprint density at radius 2 is 2.08 bits per heavy atom. The molecule has 1 aliphatic heterocycles. The zero-order valence-electron chi connectivity index (χ0n) is 14.8. The van der Waals surface area contributed by atoms with Crippen LogP contribution in [0.4, 0.5) is 10.6 Å². The molecule has 1 unspecified atom stereocenters. The van der Waals surface area contributed by atoms with Gasteiger partial charge in [-0.1, -0.05) is 36.6 Å². The maximum absolute atomic E-state index is 12.9. The molecule has 6 nitrogen and oxygen atoms in total. The van der Waals surface area contributed by atoms with Crippen LogP contribution in [-0.4, -0.2) is 34.6 Å². The molecule has 138 valence electrons. The topological polar surface area (TPSA) is 67.3 Å². The third kappa shape index (κ3) is 4.71. The minimum Gasteiger partial charge on any atom is -0.378 e. The normalized spacial score (nSPS) is 17.6. The molecule has 26 heavy (non-hydrogen) atoms. The highest BCUT2D eigenvalue weighted by Crippen LogP contribution is 2.31. The van der Waals surface area contributed by atoms with Crippen molar-refractivity contribution in [2.75, 3.05) is 19.0 Å². The van der Waals surface area contributed by atoms with Crippen LogP contribution in [0.3, 0.4) is 0 Å². The van der Waals surface area contributed by atoms with Gasteiger partial charge in [-0.25, -0.2) is 14.8 Å². The van der Waals surface area contributed by atoms with Gasteiger partial charge in [0.15, 0.2) is 0 Å². The lowest BCUT2D eigenvalue weighted by Crippen LogP contribution is -2.38. The number of nitrogens with zero attached hydrogens (tertiary/aromatic N) is 3. The van der Waals surface area contributed by atoms with Crippen LogP contribution in [-0.2, 0) is 11.3 Å². The molecule has 1 aromatic carbocycles.